The molecule has 0 unspecified atom stereocenters. The summed E-state index contributed by atoms with van der Waals surface area (Å²) in [6.45, 7) is 6.82. The van der Waals surface area contributed by atoms with Crippen molar-refractivity contribution >= 4 is 6.21 Å². The second kappa shape index (κ2) is 6.40. The van der Waals surface area contributed by atoms with Crippen molar-refractivity contribution in [3.63, 3.8) is 0 Å². The van der Waals surface area contributed by atoms with Gasteiger partial charge in [-0.15, -0.1) is 0 Å². The predicted molar refractivity (Wildman–Crippen MR) is 68.9 cm³/mol. The van der Waals surface area contributed by atoms with Gasteiger partial charge < -0.3 is 4.84 Å². The lowest BCUT2D eigenvalue weighted by Crippen LogP contribution is -2.10. The van der Waals surface area contributed by atoms with Crippen LogP contribution in [0, 0.1) is 0 Å². The van der Waals surface area contributed by atoms with Crippen molar-refractivity contribution in [2.75, 3.05) is 13.2 Å². The Balaban J connectivity index is 2.51. The highest BCUT2D eigenvalue weighted by Crippen LogP contribution is 2.21. The molecule has 0 atom stereocenters. The minimum absolute atomic E-state index is 0.115. The predicted octanol–water partition coefficient (Wildman–Crippen LogP) is 3.16. The molecule has 3 nitrogen and oxygen atoms in total. The summed E-state index contributed by atoms with van der Waals surface area (Å²) in [6, 6.07) is 8.22. The molecule has 0 aliphatic carbocycles. The van der Waals surface area contributed by atoms with Gasteiger partial charge >= 0.3 is 0 Å². The SMILES string of the molecule is CC(C)(C)c1ccc(/C=N/OCCC[O])cc1. The second-order valence-corrected chi connectivity index (χ2v) is 5.00. The largest absolute Gasteiger partial charge is 0.396 e. The molecule has 0 heterocycles. The van der Waals surface area contributed by atoms with Crippen molar-refractivity contribution in [1.29, 1.82) is 0 Å². The van der Waals surface area contributed by atoms with E-state index in [1.165, 1.54) is 5.56 Å². The summed E-state index contributed by atoms with van der Waals surface area (Å²) >= 11 is 0. The van der Waals surface area contributed by atoms with Crippen LogP contribution in [0.4, 0.5) is 0 Å². The summed E-state index contributed by atoms with van der Waals surface area (Å²) in [6.07, 6.45) is 2.16. The maximum Gasteiger partial charge on any atom is 0.119 e. The first kappa shape index (κ1) is 13.7. The molecule has 0 aromatic heterocycles. The molecule has 0 spiro atoms. The van der Waals surface area contributed by atoms with Crippen LogP contribution in [0.5, 0.6) is 0 Å². The first-order valence-corrected chi connectivity index (χ1v) is 5.88. The Hall–Kier alpha value is -1.35. The molecule has 1 aromatic rings. The highest BCUT2D eigenvalue weighted by molar-refractivity contribution is 5.79. The fourth-order valence-electron chi connectivity index (χ4n) is 1.34. The quantitative estimate of drug-likeness (QED) is 0.438. The van der Waals surface area contributed by atoms with Gasteiger partial charge in [-0.05, 0) is 16.5 Å². The number of oxime groups is 1. The van der Waals surface area contributed by atoms with E-state index in [9.17, 15) is 5.11 Å². The van der Waals surface area contributed by atoms with Gasteiger partial charge in [0.1, 0.15) is 6.61 Å². The van der Waals surface area contributed by atoms with Gasteiger partial charge in [0.05, 0.1) is 12.8 Å². The summed E-state index contributed by atoms with van der Waals surface area (Å²) in [5.41, 5.74) is 2.46. The van der Waals surface area contributed by atoms with Crippen molar-refractivity contribution in [2.45, 2.75) is 32.6 Å². The van der Waals surface area contributed by atoms with E-state index < -0.39 is 0 Å². The molecular formula is C14H20NO2. The van der Waals surface area contributed by atoms with Crippen molar-refractivity contribution in [1.82, 2.24) is 0 Å². The third kappa shape index (κ3) is 5.00. The normalized spacial score (nSPS) is 12.0. The van der Waals surface area contributed by atoms with E-state index in [4.69, 9.17) is 4.84 Å². The molecule has 0 aliphatic heterocycles. The number of rotatable bonds is 5. The summed E-state index contributed by atoms with van der Waals surface area (Å²) < 4.78 is 0. The van der Waals surface area contributed by atoms with Crippen LogP contribution in [-0.2, 0) is 15.4 Å². The molecule has 0 aliphatic rings. The molecule has 0 saturated carbocycles. The molecule has 1 rings (SSSR count). The first-order valence-electron chi connectivity index (χ1n) is 5.88. The highest BCUT2D eigenvalue weighted by Gasteiger charge is 2.12. The average molecular weight is 234 g/mol. The number of benzene rings is 1. The van der Waals surface area contributed by atoms with Crippen molar-refractivity contribution in [3.05, 3.63) is 35.4 Å². The Morgan fingerprint density at radius 1 is 1.24 bits per heavy atom. The van der Waals surface area contributed by atoms with Gasteiger partial charge in [-0.3, -0.25) is 0 Å². The molecule has 0 bridgehead atoms. The van der Waals surface area contributed by atoms with E-state index in [0.717, 1.165) is 5.56 Å². The molecule has 0 N–H and O–H groups in total. The molecule has 3 heteroatoms. The lowest BCUT2D eigenvalue weighted by Gasteiger charge is -2.18. The van der Waals surface area contributed by atoms with Crippen LogP contribution >= 0.6 is 0 Å². The Morgan fingerprint density at radius 3 is 2.41 bits per heavy atom. The van der Waals surface area contributed by atoms with Gasteiger partial charge in [0.25, 0.3) is 0 Å². The van der Waals surface area contributed by atoms with Gasteiger partial charge in [0, 0.05) is 6.42 Å². The Labute approximate surface area is 103 Å². The van der Waals surface area contributed by atoms with Gasteiger partial charge in [0.2, 0.25) is 0 Å². The van der Waals surface area contributed by atoms with Crippen LogP contribution in [0.1, 0.15) is 38.3 Å². The molecule has 0 amide bonds. The van der Waals surface area contributed by atoms with E-state index in [1.807, 2.05) is 12.1 Å². The van der Waals surface area contributed by atoms with Crippen molar-refractivity contribution < 1.29 is 9.94 Å². The first-order chi connectivity index (χ1) is 8.04. The third-order valence-corrected chi connectivity index (χ3v) is 2.43. The van der Waals surface area contributed by atoms with Gasteiger partial charge in [-0.25, -0.2) is 5.11 Å². The van der Waals surface area contributed by atoms with Crippen molar-refractivity contribution in [2.24, 2.45) is 5.16 Å². The zero-order valence-corrected chi connectivity index (χ0v) is 10.8. The van der Waals surface area contributed by atoms with Crippen LogP contribution in [0.15, 0.2) is 29.4 Å². The molecule has 0 saturated heterocycles. The lowest BCUT2D eigenvalue weighted by molar-refractivity contribution is 0.105. The summed E-state index contributed by atoms with van der Waals surface area (Å²) in [5.74, 6) is 0. The van der Waals surface area contributed by atoms with Crippen LogP contribution in [0.2, 0.25) is 0 Å². The molecule has 0 fully saturated rings. The zero-order chi connectivity index (χ0) is 12.7. The smallest absolute Gasteiger partial charge is 0.119 e. The van der Waals surface area contributed by atoms with Crippen molar-refractivity contribution in [3.8, 4) is 0 Å². The van der Waals surface area contributed by atoms with E-state index in [1.54, 1.807) is 6.21 Å². The Morgan fingerprint density at radius 2 is 1.88 bits per heavy atom. The van der Waals surface area contributed by atoms with E-state index in [-0.39, 0.29) is 12.0 Å². The van der Waals surface area contributed by atoms with E-state index in [0.29, 0.717) is 13.0 Å². The maximum atomic E-state index is 10.2. The average Bonchev–Trinajstić information content (AvgIpc) is 2.28. The summed E-state index contributed by atoms with van der Waals surface area (Å²) in [4.78, 5) is 4.94. The number of nitrogens with zero attached hydrogens (tertiary/aromatic N) is 1. The lowest BCUT2D eigenvalue weighted by atomic mass is 9.87. The molecule has 1 radical (unpaired) electrons. The highest BCUT2D eigenvalue weighted by atomic mass is 16.6. The van der Waals surface area contributed by atoms with Gasteiger partial charge in [-0.2, -0.15) is 0 Å². The fraction of sp³-hybridized carbons (Fsp3) is 0.500. The second-order valence-electron chi connectivity index (χ2n) is 5.00. The fourth-order valence-corrected chi connectivity index (χ4v) is 1.34. The van der Waals surface area contributed by atoms with E-state index >= 15 is 0 Å². The van der Waals surface area contributed by atoms with Crippen LogP contribution in [0.3, 0.4) is 0 Å². The topological polar surface area (TPSA) is 41.5 Å². The summed E-state index contributed by atoms with van der Waals surface area (Å²) in [7, 11) is 0. The number of hydrogen-bond acceptors (Lipinski definition) is 2. The molecule has 93 valence electrons. The van der Waals surface area contributed by atoms with Crippen LogP contribution in [-0.4, -0.2) is 19.4 Å². The molecular weight excluding hydrogens is 214 g/mol. The summed E-state index contributed by atoms with van der Waals surface area (Å²) in [5, 5.41) is 14.0. The molecule has 17 heavy (non-hydrogen) atoms. The Bertz CT molecular complexity index is 349. The van der Waals surface area contributed by atoms with Crippen LogP contribution < -0.4 is 0 Å². The number of hydrogen-bond donors (Lipinski definition) is 0. The monoisotopic (exact) mass is 234 g/mol. The maximum absolute atomic E-state index is 10.2. The van der Waals surface area contributed by atoms with E-state index in [2.05, 4.69) is 38.1 Å². The molecule has 1 aromatic carbocycles. The van der Waals surface area contributed by atoms with Crippen LogP contribution in [0.25, 0.3) is 0 Å². The minimum Gasteiger partial charge on any atom is -0.396 e. The Kier molecular flexibility index (Phi) is 5.16. The zero-order valence-electron chi connectivity index (χ0n) is 10.8. The third-order valence-electron chi connectivity index (χ3n) is 2.43. The minimum atomic E-state index is -0.115. The van der Waals surface area contributed by atoms with Gasteiger partial charge in [-0.1, -0.05) is 50.2 Å². The van der Waals surface area contributed by atoms with Gasteiger partial charge in [0.15, 0.2) is 0 Å². The standard InChI is InChI=1S/C14H20NO2/c1-14(2,3)13-7-5-12(6-8-13)11-15-17-10-4-9-16/h5-8,11H,4,9-10H2,1-3H3/b15-11+.